The minimum atomic E-state index is -0.419. The molecule has 0 aromatic rings. The molecule has 0 amide bonds. The molecule has 0 fully saturated rings. The molecule has 0 atom stereocenters. The molecule has 9 heavy (non-hydrogen) atoms. The first-order valence-corrected chi connectivity index (χ1v) is 2.86. The third-order valence-electron chi connectivity index (χ3n) is 0.399. The van der Waals surface area contributed by atoms with E-state index in [2.05, 4.69) is 10.2 Å². The fourth-order valence-corrected chi connectivity index (χ4v) is 0.584. The second-order valence-electron chi connectivity index (χ2n) is 2.50. The van der Waals surface area contributed by atoms with Gasteiger partial charge in [-0.25, -0.2) is 0 Å². The van der Waals surface area contributed by atoms with Crippen molar-refractivity contribution in [3.05, 3.63) is 7.43 Å². The van der Waals surface area contributed by atoms with Crippen LogP contribution >= 0.6 is 0 Å². The van der Waals surface area contributed by atoms with E-state index in [1.54, 1.807) is 0 Å². The molecular formula is C6H9O2Si. The summed E-state index contributed by atoms with van der Waals surface area (Å²) in [4.78, 5) is 10.2. The van der Waals surface area contributed by atoms with Crippen molar-refractivity contribution < 1.29 is 9.53 Å². The summed E-state index contributed by atoms with van der Waals surface area (Å²) >= 11 is 0. The quantitative estimate of drug-likeness (QED) is 0.473. The van der Waals surface area contributed by atoms with Crippen molar-refractivity contribution in [1.29, 1.82) is 0 Å². The van der Waals surface area contributed by atoms with Gasteiger partial charge in [0.05, 0.1) is 0 Å². The van der Waals surface area contributed by atoms with Crippen LogP contribution < -0.4 is 0 Å². The van der Waals surface area contributed by atoms with Gasteiger partial charge in [0.2, 0.25) is 0 Å². The van der Waals surface area contributed by atoms with Gasteiger partial charge in [-0.3, -0.25) is 4.79 Å². The van der Waals surface area contributed by atoms with Crippen LogP contribution in [0.3, 0.4) is 0 Å². The highest BCUT2D eigenvalue weighted by Gasteiger charge is 2.11. The highest BCUT2D eigenvalue weighted by molar-refractivity contribution is 6.55. The van der Waals surface area contributed by atoms with Gasteiger partial charge < -0.3 is 4.74 Å². The van der Waals surface area contributed by atoms with Crippen molar-refractivity contribution in [2.75, 3.05) is 0 Å². The van der Waals surface area contributed by atoms with Gasteiger partial charge in [0, 0.05) is 7.43 Å². The van der Waals surface area contributed by atoms with E-state index in [4.69, 9.17) is 4.74 Å². The first-order valence-electron chi connectivity index (χ1n) is 2.36. The summed E-state index contributed by atoms with van der Waals surface area (Å²) in [5.74, 6) is 0. The highest BCUT2D eigenvalue weighted by atomic mass is 28.1. The number of hydrogen-bond donors (Lipinski definition) is 0. The highest BCUT2D eigenvalue weighted by Crippen LogP contribution is 2.05. The molecule has 0 rings (SSSR count). The van der Waals surface area contributed by atoms with Crippen LogP contribution in [0, 0.1) is 7.43 Å². The molecule has 3 heteroatoms. The molecule has 0 spiro atoms. The number of hydrogen-bond acceptors (Lipinski definition) is 2. The van der Waals surface area contributed by atoms with Crippen molar-refractivity contribution in [1.82, 2.24) is 0 Å². The van der Waals surface area contributed by atoms with E-state index in [0.29, 0.717) is 0 Å². The third kappa shape index (κ3) is 11.3. The molecule has 0 saturated heterocycles. The molecule has 0 aliphatic carbocycles. The molecule has 0 saturated carbocycles. The maximum atomic E-state index is 10.2. The summed E-state index contributed by atoms with van der Waals surface area (Å²) in [5, 5.41) is 0. The Hall–Kier alpha value is -0.313. The Balaban J connectivity index is 0. The zero-order valence-corrected chi connectivity index (χ0v) is 6.82. The van der Waals surface area contributed by atoms with E-state index in [0.717, 1.165) is 0 Å². The molecule has 0 aromatic carbocycles. The molecule has 2 nitrogen and oxygen atoms in total. The zero-order chi connectivity index (χ0) is 6.78. The van der Waals surface area contributed by atoms with E-state index in [1.165, 1.54) is 0 Å². The van der Waals surface area contributed by atoms with Gasteiger partial charge in [-0.05, 0) is 20.8 Å². The van der Waals surface area contributed by atoms with Crippen LogP contribution in [0.1, 0.15) is 20.8 Å². The lowest BCUT2D eigenvalue weighted by molar-refractivity contribution is 0.0724. The second-order valence-corrected chi connectivity index (χ2v) is 2.91. The topological polar surface area (TPSA) is 26.3 Å². The Bertz CT molecular complexity index is 93.7. The molecule has 0 N–H and O–H groups in total. The molecule has 0 bridgehead atoms. The minimum Gasteiger partial charge on any atom is -0.465 e. The number of ether oxygens (including phenoxy) is 1. The molecule has 0 unspecified atom stereocenters. The average molecular weight is 141 g/mol. The van der Waals surface area contributed by atoms with Gasteiger partial charge in [0.1, 0.15) is 5.60 Å². The van der Waals surface area contributed by atoms with Crippen LogP contribution in [0.15, 0.2) is 0 Å². The predicted molar refractivity (Wildman–Crippen MR) is 35.2 cm³/mol. The van der Waals surface area contributed by atoms with Gasteiger partial charge in [0.15, 0.2) is 10.2 Å². The van der Waals surface area contributed by atoms with Crippen LogP contribution in [0.5, 0.6) is 0 Å². The van der Waals surface area contributed by atoms with Gasteiger partial charge >= 0.3 is 0 Å². The molecule has 0 aliphatic heterocycles. The second kappa shape index (κ2) is 3.66. The summed E-state index contributed by atoms with van der Waals surface area (Å²) in [6.45, 7) is 5.43. The summed E-state index contributed by atoms with van der Waals surface area (Å²) in [7, 11) is 2.69. The maximum Gasteiger partial charge on any atom is 0.265 e. The molecule has 0 aromatic heterocycles. The Morgan fingerprint density at radius 2 is 1.78 bits per heavy atom. The van der Waals surface area contributed by atoms with Crippen LogP contribution in [0.4, 0.5) is 4.79 Å². The Morgan fingerprint density at radius 1 is 1.44 bits per heavy atom. The maximum absolute atomic E-state index is 10.2. The summed E-state index contributed by atoms with van der Waals surface area (Å²) in [5.41, 5.74) is -0.795. The minimum absolute atomic E-state index is 0. The number of rotatable bonds is 0. The predicted octanol–water partition coefficient (Wildman–Crippen LogP) is 1.17. The van der Waals surface area contributed by atoms with Crippen molar-refractivity contribution in [2.24, 2.45) is 0 Å². The fourth-order valence-electron chi connectivity index (χ4n) is 0.278. The summed E-state index contributed by atoms with van der Waals surface area (Å²) in [6.07, 6.45) is 0. The summed E-state index contributed by atoms with van der Waals surface area (Å²) < 4.78 is 4.71. The Kier molecular flexibility index (Phi) is 4.67. The van der Waals surface area contributed by atoms with Gasteiger partial charge in [-0.2, -0.15) is 0 Å². The van der Waals surface area contributed by atoms with Gasteiger partial charge in [0.25, 0.3) is 5.59 Å². The van der Waals surface area contributed by atoms with Crippen LogP contribution in [0.2, 0.25) is 0 Å². The SMILES string of the molecule is CC(C)(C)OC(=O)[Si].[C]. The Morgan fingerprint density at radius 3 is 1.78 bits per heavy atom. The van der Waals surface area contributed by atoms with Crippen LogP contribution in [0.25, 0.3) is 0 Å². The monoisotopic (exact) mass is 141 g/mol. The Labute approximate surface area is 60.0 Å². The van der Waals surface area contributed by atoms with Crippen LogP contribution in [-0.2, 0) is 4.74 Å². The first kappa shape index (κ1) is 11.5. The average Bonchev–Trinajstić information content (AvgIpc) is 1.21. The number of carbonyl (C=O) groups excluding carboxylic acids is 1. The lowest BCUT2D eigenvalue weighted by Crippen LogP contribution is -2.22. The lowest BCUT2D eigenvalue weighted by atomic mass is 10.2. The molecule has 0 heterocycles. The molecule has 0 aliphatic rings. The molecular weight excluding hydrogens is 132 g/mol. The fraction of sp³-hybridized carbons (Fsp3) is 0.667. The van der Waals surface area contributed by atoms with Crippen molar-refractivity contribution in [3.63, 3.8) is 0 Å². The van der Waals surface area contributed by atoms with Crippen molar-refractivity contribution in [3.8, 4) is 0 Å². The van der Waals surface area contributed by atoms with E-state index >= 15 is 0 Å². The number of carbonyl (C=O) groups is 1. The molecule has 7 radical (unpaired) electrons. The van der Waals surface area contributed by atoms with Gasteiger partial charge in [-0.1, -0.05) is 0 Å². The largest absolute Gasteiger partial charge is 0.465 e. The van der Waals surface area contributed by atoms with E-state index in [-0.39, 0.29) is 13.0 Å². The van der Waals surface area contributed by atoms with Crippen molar-refractivity contribution in [2.45, 2.75) is 26.4 Å². The summed E-state index contributed by atoms with van der Waals surface area (Å²) in [6, 6.07) is 0. The normalized spacial score (nSPS) is 9.78. The zero-order valence-electron chi connectivity index (χ0n) is 5.82. The van der Waals surface area contributed by atoms with Crippen LogP contribution in [-0.4, -0.2) is 21.4 Å². The van der Waals surface area contributed by atoms with Crippen molar-refractivity contribution >= 4 is 15.8 Å². The molecule has 49 valence electrons. The third-order valence-corrected chi connectivity index (χ3v) is 0.501. The van der Waals surface area contributed by atoms with E-state index in [1.807, 2.05) is 20.8 Å². The van der Waals surface area contributed by atoms with Gasteiger partial charge in [-0.15, -0.1) is 0 Å². The van der Waals surface area contributed by atoms with E-state index in [9.17, 15) is 4.79 Å². The first-order chi connectivity index (χ1) is 3.42. The smallest absolute Gasteiger partial charge is 0.265 e. The standard InChI is InChI=1S/C5H9O2Si.C/c1-5(2,3)7-4(6)8;/h1-3H3;. The van der Waals surface area contributed by atoms with E-state index < -0.39 is 5.59 Å². The lowest BCUT2D eigenvalue weighted by Gasteiger charge is -2.17.